The molecule has 1 heterocycles. The van der Waals surface area contributed by atoms with Crippen LogP contribution in [0, 0.1) is 0 Å². The van der Waals surface area contributed by atoms with Gasteiger partial charge < -0.3 is 20.3 Å². The SMILES string of the molecule is N[C@H](CC(=O)O)C1=COC(Cc2ccccc2)O1. The van der Waals surface area contributed by atoms with E-state index in [-0.39, 0.29) is 6.42 Å². The molecule has 5 heteroatoms. The molecular formula is C13H15NO4. The van der Waals surface area contributed by atoms with Gasteiger partial charge in [0.2, 0.25) is 6.29 Å². The molecule has 0 aliphatic carbocycles. The quantitative estimate of drug-likeness (QED) is 0.820. The first-order chi connectivity index (χ1) is 8.65. The minimum atomic E-state index is -0.960. The maximum Gasteiger partial charge on any atom is 0.305 e. The third-order valence-corrected chi connectivity index (χ3v) is 2.61. The van der Waals surface area contributed by atoms with Crippen molar-refractivity contribution in [1.82, 2.24) is 0 Å². The van der Waals surface area contributed by atoms with Crippen molar-refractivity contribution in [1.29, 1.82) is 0 Å². The van der Waals surface area contributed by atoms with Crippen LogP contribution < -0.4 is 5.73 Å². The van der Waals surface area contributed by atoms with E-state index in [4.69, 9.17) is 20.3 Å². The molecule has 2 atom stereocenters. The maximum atomic E-state index is 10.5. The third kappa shape index (κ3) is 3.24. The maximum absolute atomic E-state index is 10.5. The van der Waals surface area contributed by atoms with Crippen molar-refractivity contribution >= 4 is 5.97 Å². The van der Waals surface area contributed by atoms with Gasteiger partial charge in [-0.25, -0.2) is 0 Å². The second kappa shape index (κ2) is 5.55. The summed E-state index contributed by atoms with van der Waals surface area (Å²) in [5.41, 5.74) is 6.77. The highest BCUT2D eigenvalue weighted by Gasteiger charge is 2.25. The minimum Gasteiger partial charge on any atom is -0.481 e. The lowest BCUT2D eigenvalue weighted by Crippen LogP contribution is -2.27. The Morgan fingerprint density at radius 2 is 2.11 bits per heavy atom. The molecule has 2 rings (SSSR count). The molecule has 5 nitrogen and oxygen atoms in total. The molecule has 0 saturated carbocycles. The smallest absolute Gasteiger partial charge is 0.305 e. The number of carbonyl (C=O) groups is 1. The molecule has 96 valence electrons. The predicted molar refractivity (Wildman–Crippen MR) is 64.4 cm³/mol. The second-order valence-electron chi connectivity index (χ2n) is 4.10. The van der Waals surface area contributed by atoms with Gasteiger partial charge in [0.05, 0.1) is 12.5 Å². The number of nitrogens with two attached hydrogens (primary N) is 1. The lowest BCUT2D eigenvalue weighted by molar-refractivity contribution is -0.137. The number of carboxylic acid groups (broad SMARTS) is 1. The first-order valence-electron chi connectivity index (χ1n) is 5.68. The number of hydrogen-bond donors (Lipinski definition) is 2. The first-order valence-corrected chi connectivity index (χ1v) is 5.68. The first kappa shape index (κ1) is 12.4. The van der Waals surface area contributed by atoms with E-state index < -0.39 is 18.3 Å². The van der Waals surface area contributed by atoms with Gasteiger partial charge >= 0.3 is 5.97 Å². The van der Waals surface area contributed by atoms with Crippen LogP contribution in [0.25, 0.3) is 0 Å². The van der Waals surface area contributed by atoms with Crippen molar-refractivity contribution in [2.24, 2.45) is 5.73 Å². The summed E-state index contributed by atoms with van der Waals surface area (Å²) in [5, 5.41) is 8.64. The van der Waals surface area contributed by atoms with E-state index in [9.17, 15) is 4.79 Å². The van der Waals surface area contributed by atoms with Crippen LogP contribution in [0.15, 0.2) is 42.4 Å². The number of carboxylic acids is 1. The van der Waals surface area contributed by atoms with Crippen LogP contribution in [0.1, 0.15) is 12.0 Å². The largest absolute Gasteiger partial charge is 0.481 e. The highest BCUT2D eigenvalue weighted by atomic mass is 16.7. The van der Waals surface area contributed by atoms with E-state index >= 15 is 0 Å². The van der Waals surface area contributed by atoms with Crippen molar-refractivity contribution < 1.29 is 19.4 Å². The van der Waals surface area contributed by atoms with Crippen molar-refractivity contribution in [2.75, 3.05) is 0 Å². The molecule has 0 amide bonds. The molecule has 0 aromatic heterocycles. The van der Waals surface area contributed by atoms with E-state index in [0.29, 0.717) is 12.2 Å². The summed E-state index contributed by atoms with van der Waals surface area (Å²) in [6, 6.07) is 9.10. The fourth-order valence-electron chi connectivity index (χ4n) is 1.71. The Morgan fingerprint density at radius 3 is 2.78 bits per heavy atom. The Balaban J connectivity index is 1.86. The molecule has 0 bridgehead atoms. The van der Waals surface area contributed by atoms with Crippen LogP contribution in [0.4, 0.5) is 0 Å². The van der Waals surface area contributed by atoms with Crippen LogP contribution >= 0.6 is 0 Å². The van der Waals surface area contributed by atoms with Gasteiger partial charge in [-0.2, -0.15) is 0 Å². The van der Waals surface area contributed by atoms with E-state index in [2.05, 4.69) is 0 Å². The lowest BCUT2D eigenvalue weighted by Gasteiger charge is -2.14. The van der Waals surface area contributed by atoms with Crippen molar-refractivity contribution in [3.05, 3.63) is 47.9 Å². The number of ether oxygens (including phenoxy) is 2. The van der Waals surface area contributed by atoms with Crippen LogP contribution in [0.2, 0.25) is 0 Å². The summed E-state index contributed by atoms with van der Waals surface area (Å²) in [5.74, 6) is -0.572. The molecule has 1 unspecified atom stereocenters. The zero-order valence-corrected chi connectivity index (χ0v) is 9.78. The van der Waals surface area contributed by atoms with Crippen molar-refractivity contribution in [3.63, 3.8) is 0 Å². The molecule has 3 N–H and O–H groups in total. The summed E-state index contributed by atoms with van der Waals surface area (Å²) in [6.07, 6.45) is 1.40. The monoisotopic (exact) mass is 249 g/mol. The Bertz CT molecular complexity index is 444. The summed E-state index contributed by atoms with van der Waals surface area (Å²) >= 11 is 0. The van der Waals surface area contributed by atoms with Gasteiger partial charge in [-0.3, -0.25) is 4.79 Å². The molecule has 1 aliphatic heterocycles. The zero-order chi connectivity index (χ0) is 13.0. The number of hydrogen-bond acceptors (Lipinski definition) is 4. The fourth-order valence-corrected chi connectivity index (χ4v) is 1.71. The van der Waals surface area contributed by atoms with Gasteiger partial charge in [0.25, 0.3) is 0 Å². The number of rotatable bonds is 5. The summed E-state index contributed by atoms with van der Waals surface area (Å²) in [4.78, 5) is 10.5. The van der Waals surface area contributed by atoms with Crippen molar-refractivity contribution in [2.45, 2.75) is 25.2 Å². The van der Waals surface area contributed by atoms with E-state index in [1.165, 1.54) is 6.26 Å². The molecule has 0 radical (unpaired) electrons. The van der Waals surface area contributed by atoms with Gasteiger partial charge in [0.15, 0.2) is 5.76 Å². The Morgan fingerprint density at radius 1 is 1.39 bits per heavy atom. The van der Waals surface area contributed by atoms with Crippen LogP contribution in [-0.4, -0.2) is 23.4 Å². The highest BCUT2D eigenvalue weighted by molar-refractivity contribution is 5.68. The van der Waals surface area contributed by atoms with E-state index in [1.807, 2.05) is 30.3 Å². The van der Waals surface area contributed by atoms with Crippen LogP contribution in [0.5, 0.6) is 0 Å². The molecule has 1 aliphatic rings. The summed E-state index contributed by atoms with van der Waals surface area (Å²) < 4.78 is 10.8. The second-order valence-corrected chi connectivity index (χ2v) is 4.10. The molecular weight excluding hydrogens is 234 g/mol. The number of benzene rings is 1. The Hall–Kier alpha value is -2.01. The van der Waals surface area contributed by atoms with Gasteiger partial charge in [-0.1, -0.05) is 30.3 Å². The third-order valence-electron chi connectivity index (χ3n) is 2.61. The molecule has 0 spiro atoms. The van der Waals surface area contributed by atoms with E-state index in [0.717, 1.165) is 5.56 Å². The molecule has 1 aromatic rings. The zero-order valence-electron chi connectivity index (χ0n) is 9.78. The summed E-state index contributed by atoms with van der Waals surface area (Å²) in [6.45, 7) is 0. The van der Waals surface area contributed by atoms with Gasteiger partial charge in [0.1, 0.15) is 6.26 Å². The molecule has 1 aromatic carbocycles. The minimum absolute atomic E-state index is 0.173. The fraction of sp³-hybridized carbons (Fsp3) is 0.308. The topological polar surface area (TPSA) is 81.8 Å². The predicted octanol–water partition coefficient (Wildman–Crippen LogP) is 1.25. The average molecular weight is 249 g/mol. The standard InChI is InChI=1S/C13H15NO4/c14-10(7-12(15)16)11-8-17-13(18-11)6-9-4-2-1-3-5-9/h1-5,8,10,13H,6-7,14H2,(H,15,16)/t10-,13?/m1/s1. The van der Waals surface area contributed by atoms with Crippen LogP contribution in [-0.2, 0) is 20.7 Å². The van der Waals surface area contributed by atoms with Crippen LogP contribution in [0.3, 0.4) is 0 Å². The molecule has 0 saturated heterocycles. The molecule has 0 fully saturated rings. The molecule has 18 heavy (non-hydrogen) atoms. The van der Waals surface area contributed by atoms with Gasteiger partial charge in [-0.05, 0) is 5.56 Å². The lowest BCUT2D eigenvalue weighted by atomic mass is 10.1. The highest BCUT2D eigenvalue weighted by Crippen LogP contribution is 2.21. The normalized spacial score (nSPS) is 19.6. The van der Waals surface area contributed by atoms with Gasteiger partial charge in [-0.15, -0.1) is 0 Å². The van der Waals surface area contributed by atoms with Crippen molar-refractivity contribution in [3.8, 4) is 0 Å². The Labute approximate surface area is 105 Å². The summed E-state index contributed by atoms with van der Waals surface area (Å²) in [7, 11) is 0. The number of aliphatic carboxylic acids is 1. The average Bonchev–Trinajstić information content (AvgIpc) is 2.78. The Kier molecular flexibility index (Phi) is 3.84. The van der Waals surface area contributed by atoms with E-state index in [1.54, 1.807) is 0 Å². The van der Waals surface area contributed by atoms with Gasteiger partial charge in [0, 0.05) is 6.42 Å².